The first kappa shape index (κ1) is 17.2. The van der Waals surface area contributed by atoms with E-state index in [2.05, 4.69) is 40.5 Å². The highest BCUT2D eigenvalue weighted by Crippen LogP contribution is 2.23. The molecule has 0 unspecified atom stereocenters. The van der Waals surface area contributed by atoms with Crippen molar-refractivity contribution in [3.05, 3.63) is 64.9 Å². The first-order valence-electron chi connectivity index (χ1n) is 8.17. The highest BCUT2D eigenvalue weighted by Gasteiger charge is 2.21. The largest absolute Gasteiger partial charge is 0.349 e. The van der Waals surface area contributed by atoms with Gasteiger partial charge in [-0.15, -0.1) is 0 Å². The van der Waals surface area contributed by atoms with Crippen LogP contribution in [0.3, 0.4) is 0 Å². The Bertz CT molecular complexity index is 700. The minimum absolute atomic E-state index is 0.101. The number of hydrogen-bond acceptors (Lipinski definition) is 1. The van der Waals surface area contributed by atoms with Gasteiger partial charge >= 0.3 is 0 Å². The molecule has 5 heteroatoms. The molecule has 0 atom stereocenters. The molecule has 0 spiro atoms. The summed E-state index contributed by atoms with van der Waals surface area (Å²) in [5.41, 5.74) is 2.12. The molecule has 126 valence electrons. The molecule has 2 nitrogen and oxygen atoms in total. The van der Waals surface area contributed by atoms with E-state index in [1.807, 2.05) is 0 Å². The third-order valence-electron chi connectivity index (χ3n) is 4.44. The molecule has 0 saturated carbocycles. The summed E-state index contributed by atoms with van der Waals surface area (Å²) in [6.45, 7) is 1.89. The summed E-state index contributed by atoms with van der Waals surface area (Å²) in [5, 5.41) is 3.93. The molecular weight excluding hydrogens is 343 g/mol. The number of anilines is 1. The number of thiocarbonyl (C=S) groups is 1. The van der Waals surface area contributed by atoms with Crippen molar-refractivity contribution in [2.24, 2.45) is 5.92 Å². The number of likely N-dealkylation sites (tertiary alicyclic amines) is 1. The molecule has 24 heavy (non-hydrogen) atoms. The number of rotatable bonds is 3. The van der Waals surface area contributed by atoms with Crippen molar-refractivity contribution in [2.75, 3.05) is 18.4 Å². The summed E-state index contributed by atoms with van der Waals surface area (Å²) < 4.78 is 13.2. The second-order valence-electron chi connectivity index (χ2n) is 6.18. The monoisotopic (exact) mass is 362 g/mol. The van der Waals surface area contributed by atoms with Gasteiger partial charge < -0.3 is 10.2 Å². The number of hydrogen-bond donors (Lipinski definition) is 1. The summed E-state index contributed by atoms with van der Waals surface area (Å²) in [5.74, 6) is 0.279. The minimum atomic E-state index is -0.421. The second kappa shape index (κ2) is 7.95. The average molecular weight is 363 g/mol. The van der Waals surface area contributed by atoms with E-state index >= 15 is 0 Å². The average Bonchev–Trinajstić information content (AvgIpc) is 2.60. The Morgan fingerprint density at radius 2 is 1.88 bits per heavy atom. The fourth-order valence-corrected chi connectivity index (χ4v) is 3.54. The predicted molar refractivity (Wildman–Crippen MR) is 102 cm³/mol. The Balaban J connectivity index is 1.50. The third-order valence-corrected chi connectivity index (χ3v) is 5.09. The molecule has 1 heterocycles. The Morgan fingerprint density at radius 3 is 2.54 bits per heavy atom. The van der Waals surface area contributed by atoms with E-state index in [0.717, 1.165) is 38.0 Å². The third kappa shape index (κ3) is 4.46. The van der Waals surface area contributed by atoms with E-state index < -0.39 is 5.82 Å². The van der Waals surface area contributed by atoms with Crippen molar-refractivity contribution in [1.82, 2.24) is 4.90 Å². The smallest absolute Gasteiger partial charge is 0.173 e. The molecule has 1 N–H and O–H groups in total. The normalized spacial score (nSPS) is 15.3. The van der Waals surface area contributed by atoms with Crippen LogP contribution >= 0.6 is 23.8 Å². The van der Waals surface area contributed by atoms with Gasteiger partial charge in [-0.2, -0.15) is 0 Å². The standard InChI is InChI=1S/C19H20ClFN2S/c20-17-13-16(6-7-18(17)21)22-19(24)23-10-8-15(9-11-23)12-14-4-2-1-3-5-14/h1-7,13,15H,8-12H2,(H,22,24). The molecule has 2 aromatic carbocycles. The van der Waals surface area contributed by atoms with Gasteiger partial charge in [-0.3, -0.25) is 0 Å². The maximum absolute atomic E-state index is 13.2. The van der Waals surface area contributed by atoms with Crippen LogP contribution in [0.15, 0.2) is 48.5 Å². The Morgan fingerprint density at radius 1 is 1.17 bits per heavy atom. The van der Waals surface area contributed by atoms with Crippen molar-refractivity contribution >= 4 is 34.6 Å². The van der Waals surface area contributed by atoms with Gasteiger partial charge in [-0.1, -0.05) is 41.9 Å². The van der Waals surface area contributed by atoms with Crippen molar-refractivity contribution in [3.8, 4) is 0 Å². The van der Waals surface area contributed by atoms with Crippen LogP contribution in [-0.2, 0) is 6.42 Å². The molecule has 0 bridgehead atoms. The minimum Gasteiger partial charge on any atom is -0.349 e. The molecule has 0 radical (unpaired) electrons. The molecule has 3 rings (SSSR count). The molecule has 0 aliphatic carbocycles. The molecule has 1 fully saturated rings. The summed E-state index contributed by atoms with van der Waals surface area (Å²) in [4.78, 5) is 2.17. The van der Waals surface area contributed by atoms with Gasteiger partial charge in [-0.25, -0.2) is 4.39 Å². The quantitative estimate of drug-likeness (QED) is 0.762. The van der Waals surface area contributed by atoms with Gasteiger partial charge in [0.2, 0.25) is 0 Å². The van der Waals surface area contributed by atoms with Crippen molar-refractivity contribution in [2.45, 2.75) is 19.3 Å². The summed E-state index contributed by atoms with van der Waals surface area (Å²) in [6.07, 6.45) is 3.38. The van der Waals surface area contributed by atoms with Crippen LogP contribution < -0.4 is 5.32 Å². The van der Waals surface area contributed by atoms with Crippen molar-refractivity contribution < 1.29 is 4.39 Å². The van der Waals surface area contributed by atoms with Gasteiger partial charge in [-0.05, 0) is 61.2 Å². The molecule has 0 aromatic heterocycles. The number of halogens is 2. The number of nitrogens with one attached hydrogen (secondary N) is 1. The van der Waals surface area contributed by atoms with Crippen molar-refractivity contribution in [3.63, 3.8) is 0 Å². The van der Waals surface area contributed by atoms with Gasteiger partial charge in [0.05, 0.1) is 5.02 Å². The highest BCUT2D eigenvalue weighted by atomic mass is 35.5. The zero-order chi connectivity index (χ0) is 16.9. The topological polar surface area (TPSA) is 15.3 Å². The van der Waals surface area contributed by atoms with Crippen molar-refractivity contribution in [1.29, 1.82) is 0 Å². The van der Waals surface area contributed by atoms with Crippen LogP contribution in [0.2, 0.25) is 5.02 Å². The number of piperidine rings is 1. The van der Waals surface area contributed by atoms with Crippen LogP contribution in [0.25, 0.3) is 0 Å². The molecule has 1 aliphatic heterocycles. The Kier molecular flexibility index (Phi) is 5.69. The molecule has 1 saturated heterocycles. The molecular formula is C19H20ClFN2S. The van der Waals surface area contributed by atoms with E-state index in [0.29, 0.717) is 11.0 Å². The van der Waals surface area contributed by atoms with E-state index in [-0.39, 0.29) is 5.02 Å². The Labute approximate surface area is 152 Å². The predicted octanol–water partition coefficient (Wildman–Crippen LogP) is 5.13. The van der Waals surface area contributed by atoms with Gasteiger partial charge in [0, 0.05) is 18.8 Å². The van der Waals surface area contributed by atoms with Crippen LogP contribution in [-0.4, -0.2) is 23.1 Å². The fourth-order valence-electron chi connectivity index (χ4n) is 3.06. The van der Waals surface area contributed by atoms with E-state index in [9.17, 15) is 4.39 Å². The summed E-state index contributed by atoms with van der Waals surface area (Å²) >= 11 is 11.3. The van der Waals surface area contributed by atoms with Crippen LogP contribution in [0.5, 0.6) is 0 Å². The maximum atomic E-state index is 13.2. The second-order valence-corrected chi connectivity index (χ2v) is 6.97. The van der Waals surface area contributed by atoms with Gasteiger partial charge in [0.1, 0.15) is 5.82 Å². The zero-order valence-electron chi connectivity index (χ0n) is 13.3. The van der Waals surface area contributed by atoms with E-state index in [1.54, 1.807) is 12.1 Å². The lowest BCUT2D eigenvalue weighted by atomic mass is 9.90. The summed E-state index contributed by atoms with van der Waals surface area (Å²) in [7, 11) is 0. The first-order chi connectivity index (χ1) is 11.6. The highest BCUT2D eigenvalue weighted by molar-refractivity contribution is 7.80. The number of benzene rings is 2. The van der Waals surface area contributed by atoms with Crippen LogP contribution in [0, 0.1) is 11.7 Å². The molecule has 2 aromatic rings. The first-order valence-corrected chi connectivity index (χ1v) is 8.95. The fraction of sp³-hybridized carbons (Fsp3) is 0.316. The van der Waals surface area contributed by atoms with Crippen LogP contribution in [0.4, 0.5) is 10.1 Å². The van der Waals surface area contributed by atoms with E-state index in [4.69, 9.17) is 23.8 Å². The maximum Gasteiger partial charge on any atom is 0.173 e. The van der Waals surface area contributed by atoms with Gasteiger partial charge in [0.25, 0.3) is 0 Å². The van der Waals surface area contributed by atoms with Gasteiger partial charge in [0.15, 0.2) is 5.11 Å². The van der Waals surface area contributed by atoms with E-state index in [1.165, 1.54) is 11.6 Å². The lowest BCUT2D eigenvalue weighted by Crippen LogP contribution is -2.41. The SMILES string of the molecule is Fc1ccc(NC(=S)N2CCC(Cc3ccccc3)CC2)cc1Cl. The molecule has 1 aliphatic rings. The van der Waals surface area contributed by atoms with Crippen LogP contribution in [0.1, 0.15) is 18.4 Å². The number of nitrogens with zero attached hydrogens (tertiary/aromatic N) is 1. The molecule has 0 amide bonds. The Hall–Kier alpha value is -1.65. The summed E-state index contributed by atoms with van der Waals surface area (Å²) in [6, 6.07) is 15.2. The lowest BCUT2D eigenvalue weighted by Gasteiger charge is -2.34. The zero-order valence-corrected chi connectivity index (χ0v) is 14.9. The lowest BCUT2D eigenvalue weighted by molar-refractivity contribution is 0.268.